The molecule has 220 valence electrons. The minimum atomic E-state index is -4.62. The SMILES string of the molecule is Nc1ccccc1NC(=O)c1ccc(OCCN(CCc2ccccc2)C(=O)c2cc3cccc(C(F)(F)F)c3o2)cc1. The van der Waals surface area contributed by atoms with Crippen LogP contribution in [0.5, 0.6) is 5.75 Å². The first-order valence-electron chi connectivity index (χ1n) is 13.5. The molecule has 0 saturated heterocycles. The molecule has 43 heavy (non-hydrogen) atoms. The largest absolute Gasteiger partial charge is 0.492 e. The van der Waals surface area contributed by atoms with Gasteiger partial charge in [0.05, 0.1) is 23.5 Å². The number of carbonyl (C=O) groups is 2. The summed E-state index contributed by atoms with van der Waals surface area (Å²) in [6.07, 6.45) is -4.10. The quantitative estimate of drug-likeness (QED) is 0.171. The first kappa shape index (κ1) is 29.2. The van der Waals surface area contributed by atoms with Gasteiger partial charge in [-0.2, -0.15) is 13.2 Å². The Morgan fingerprint density at radius 3 is 2.30 bits per heavy atom. The molecule has 0 saturated carbocycles. The number of fused-ring (bicyclic) bond motifs is 1. The Balaban J connectivity index is 1.26. The molecule has 0 aliphatic rings. The number of nitrogens with one attached hydrogen (secondary N) is 1. The molecule has 0 aliphatic heterocycles. The van der Waals surface area contributed by atoms with Crippen LogP contribution in [0.15, 0.2) is 108 Å². The van der Waals surface area contributed by atoms with Gasteiger partial charge >= 0.3 is 6.18 Å². The van der Waals surface area contributed by atoms with Gasteiger partial charge in [-0.3, -0.25) is 9.59 Å². The minimum Gasteiger partial charge on any atom is -0.492 e. The molecule has 10 heteroatoms. The van der Waals surface area contributed by atoms with E-state index in [4.69, 9.17) is 14.9 Å². The maximum absolute atomic E-state index is 13.5. The van der Waals surface area contributed by atoms with E-state index in [0.717, 1.165) is 11.6 Å². The van der Waals surface area contributed by atoms with Gasteiger partial charge in [0.15, 0.2) is 5.76 Å². The van der Waals surface area contributed by atoms with E-state index in [1.165, 1.54) is 23.1 Å². The predicted octanol–water partition coefficient (Wildman–Crippen LogP) is 7.05. The summed E-state index contributed by atoms with van der Waals surface area (Å²) in [7, 11) is 0. The van der Waals surface area contributed by atoms with Crippen LogP contribution in [0.2, 0.25) is 0 Å². The number of rotatable bonds is 10. The average molecular weight is 588 g/mol. The van der Waals surface area contributed by atoms with Gasteiger partial charge in [0.25, 0.3) is 11.8 Å². The van der Waals surface area contributed by atoms with Gasteiger partial charge in [0.2, 0.25) is 0 Å². The number of hydrogen-bond donors (Lipinski definition) is 2. The lowest BCUT2D eigenvalue weighted by atomic mass is 10.1. The number of anilines is 2. The Kier molecular flexibility index (Phi) is 8.66. The topological polar surface area (TPSA) is 97.8 Å². The molecule has 3 N–H and O–H groups in total. The number of nitrogens with zero attached hydrogens (tertiary/aromatic N) is 1. The van der Waals surface area contributed by atoms with Crippen molar-refractivity contribution in [2.75, 3.05) is 30.7 Å². The molecule has 5 aromatic rings. The van der Waals surface area contributed by atoms with Crippen molar-refractivity contribution >= 4 is 34.2 Å². The van der Waals surface area contributed by atoms with Crippen molar-refractivity contribution in [1.29, 1.82) is 0 Å². The number of hydrogen-bond acceptors (Lipinski definition) is 5. The number of nitrogen functional groups attached to an aromatic ring is 1. The molecule has 0 unspecified atom stereocenters. The third-order valence-electron chi connectivity index (χ3n) is 6.82. The molecule has 2 amide bonds. The van der Waals surface area contributed by atoms with Crippen molar-refractivity contribution in [3.05, 3.63) is 126 Å². The summed E-state index contributed by atoms with van der Waals surface area (Å²) in [6, 6.07) is 28.0. The number of amides is 2. The predicted molar refractivity (Wildman–Crippen MR) is 158 cm³/mol. The lowest BCUT2D eigenvalue weighted by Crippen LogP contribution is -2.36. The highest BCUT2D eigenvalue weighted by Crippen LogP contribution is 2.36. The summed E-state index contributed by atoms with van der Waals surface area (Å²) in [5.74, 6) is -0.586. The van der Waals surface area contributed by atoms with Crippen LogP contribution in [0, 0.1) is 0 Å². The standard InChI is InChI=1S/C33H28F3N3O4/c34-33(35,36)26-10-6-9-24-21-29(43-30(24)26)32(41)39(18-17-22-7-2-1-3-8-22)19-20-42-25-15-13-23(14-16-25)31(40)38-28-12-5-4-11-27(28)37/h1-16,21H,17-20,37H2,(H,38,40). The molecule has 4 aromatic carbocycles. The number of para-hydroxylation sites is 3. The van der Waals surface area contributed by atoms with E-state index >= 15 is 0 Å². The van der Waals surface area contributed by atoms with Gasteiger partial charge in [-0.15, -0.1) is 0 Å². The highest BCUT2D eigenvalue weighted by Gasteiger charge is 2.35. The fraction of sp³-hybridized carbons (Fsp3) is 0.152. The molecular weight excluding hydrogens is 559 g/mol. The van der Waals surface area contributed by atoms with E-state index in [2.05, 4.69) is 5.32 Å². The minimum absolute atomic E-state index is 0.0979. The molecule has 5 rings (SSSR count). The van der Waals surface area contributed by atoms with E-state index in [1.807, 2.05) is 30.3 Å². The summed E-state index contributed by atoms with van der Waals surface area (Å²) in [6.45, 7) is 0.530. The number of carbonyl (C=O) groups excluding carboxylic acids is 2. The van der Waals surface area contributed by atoms with Crippen LogP contribution < -0.4 is 15.8 Å². The second-order valence-electron chi connectivity index (χ2n) is 9.77. The number of alkyl halides is 3. The molecule has 0 aliphatic carbocycles. The summed E-state index contributed by atoms with van der Waals surface area (Å²) in [5, 5.41) is 2.95. The second kappa shape index (κ2) is 12.7. The van der Waals surface area contributed by atoms with E-state index < -0.39 is 17.6 Å². The first-order chi connectivity index (χ1) is 20.7. The zero-order chi connectivity index (χ0) is 30.4. The van der Waals surface area contributed by atoms with Crippen molar-refractivity contribution in [2.45, 2.75) is 12.6 Å². The number of benzene rings is 4. The van der Waals surface area contributed by atoms with Crippen LogP contribution in [-0.4, -0.2) is 36.4 Å². The highest BCUT2D eigenvalue weighted by molar-refractivity contribution is 6.05. The monoisotopic (exact) mass is 587 g/mol. The highest BCUT2D eigenvalue weighted by atomic mass is 19.4. The van der Waals surface area contributed by atoms with E-state index in [0.29, 0.717) is 29.1 Å². The molecule has 0 bridgehead atoms. The number of halogens is 3. The smallest absolute Gasteiger partial charge is 0.420 e. The maximum Gasteiger partial charge on any atom is 0.420 e. The van der Waals surface area contributed by atoms with E-state index in [1.54, 1.807) is 48.5 Å². The Bertz CT molecular complexity index is 1720. The molecule has 1 heterocycles. The molecule has 0 fully saturated rings. The third-order valence-corrected chi connectivity index (χ3v) is 6.82. The molecule has 0 spiro atoms. The summed E-state index contributed by atoms with van der Waals surface area (Å²) in [4.78, 5) is 27.6. The summed E-state index contributed by atoms with van der Waals surface area (Å²) < 4.78 is 51.8. The normalized spacial score (nSPS) is 11.3. The van der Waals surface area contributed by atoms with Crippen molar-refractivity contribution in [1.82, 2.24) is 4.90 Å². The Labute approximate surface area is 245 Å². The maximum atomic E-state index is 13.5. The average Bonchev–Trinajstić information content (AvgIpc) is 3.44. The van der Waals surface area contributed by atoms with Gasteiger partial charge in [0.1, 0.15) is 17.9 Å². The van der Waals surface area contributed by atoms with Crippen molar-refractivity contribution < 1.29 is 31.9 Å². The molecule has 1 aromatic heterocycles. The van der Waals surface area contributed by atoms with Crippen LogP contribution in [0.1, 0.15) is 32.0 Å². The molecule has 0 atom stereocenters. The number of ether oxygens (including phenoxy) is 1. The lowest BCUT2D eigenvalue weighted by Gasteiger charge is -2.22. The number of furan rings is 1. The van der Waals surface area contributed by atoms with Gasteiger partial charge in [-0.25, -0.2) is 0 Å². The second-order valence-corrected chi connectivity index (χ2v) is 9.77. The van der Waals surface area contributed by atoms with Crippen LogP contribution in [0.4, 0.5) is 24.5 Å². The van der Waals surface area contributed by atoms with Crippen molar-refractivity contribution in [3.8, 4) is 5.75 Å². The van der Waals surface area contributed by atoms with Gasteiger partial charge in [-0.1, -0.05) is 54.6 Å². The lowest BCUT2D eigenvalue weighted by molar-refractivity contribution is -0.136. The summed E-state index contributed by atoms with van der Waals surface area (Å²) in [5.41, 5.74) is 6.93. The molecule has 0 radical (unpaired) electrons. The van der Waals surface area contributed by atoms with Crippen molar-refractivity contribution in [3.63, 3.8) is 0 Å². The fourth-order valence-corrected chi connectivity index (χ4v) is 4.55. The fourth-order valence-electron chi connectivity index (χ4n) is 4.55. The van der Waals surface area contributed by atoms with Crippen LogP contribution in [-0.2, 0) is 12.6 Å². The Morgan fingerprint density at radius 2 is 1.58 bits per heavy atom. The van der Waals surface area contributed by atoms with Crippen LogP contribution in [0.25, 0.3) is 11.0 Å². The van der Waals surface area contributed by atoms with E-state index in [-0.39, 0.29) is 42.3 Å². The zero-order valence-corrected chi connectivity index (χ0v) is 22.9. The van der Waals surface area contributed by atoms with Crippen LogP contribution in [0.3, 0.4) is 0 Å². The van der Waals surface area contributed by atoms with Gasteiger partial charge in [0, 0.05) is 17.5 Å². The van der Waals surface area contributed by atoms with E-state index in [9.17, 15) is 22.8 Å². The first-order valence-corrected chi connectivity index (χ1v) is 13.5. The Hall–Kier alpha value is -5.25. The third kappa shape index (κ3) is 7.16. The zero-order valence-electron chi connectivity index (χ0n) is 22.9. The van der Waals surface area contributed by atoms with Crippen LogP contribution >= 0.6 is 0 Å². The Morgan fingerprint density at radius 1 is 0.860 bits per heavy atom. The van der Waals surface area contributed by atoms with Gasteiger partial charge < -0.3 is 25.1 Å². The molecule has 7 nitrogen and oxygen atoms in total. The van der Waals surface area contributed by atoms with Gasteiger partial charge in [-0.05, 0) is 60.5 Å². The van der Waals surface area contributed by atoms with Crippen molar-refractivity contribution in [2.24, 2.45) is 0 Å². The summed E-state index contributed by atoms with van der Waals surface area (Å²) >= 11 is 0. The number of nitrogens with two attached hydrogens (primary N) is 1. The molecular formula is C33H28F3N3O4.